The maximum absolute atomic E-state index is 4.27. The van der Waals surface area contributed by atoms with E-state index in [1.54, 1.807) is 11.3 Å². The van der Waals surface area contributed by atoms with Crippen LogP contribution >= 0.6 is 27.3 Å². The van der Waals surface area contributed by atoms with Gasteiger partial charge in [-0.05, 0) is 19.9 Å². The van der Waals surface area contributed by atoms with E-state index in [1.807, 2.05) is 5.51 Å². The van der Waals surface area contributed by atoms with Crippen LogP contribution in [0.4, 0.5) is 0 Å². The maximum Gasteiger partial charge on any atom is 0.0798 e. The minimum absolute atomic E-state index is 0.753. The third-order valence-electron chi connectivity index (χ3n) is 2.62. The zero-order chi connectivity index (χ0) is 11.3. The van der Waals surface area contributed by atoms with E-state index in [4.69, 9.17) is 0 Å². The third-order valence-corrected chi connectivity index (χ3v) is 4.46. The Morgan fingerprint density at radius 2 is 2.33 bits per heavy atom. The van der Waals surface area contributed by atoms with Gasteiger partial charge in [-0.3, -0.25) is 0 Å². The smallest absolute Gasteiger partial charge is 0.0798 e. The molecule has 0 saturated heterocycles. The van der Waals surface area contributed by atoms with E-state index in [0.29, 0.717) is 0 Å². The van der Waals surface area contributed by atoms with E-state index in [9.17, 15) is 0 Å². The second-order valence-corrected chi connectivity index (χ2v) is 5.57. The average molecular weight is 291 g/mol. The predicted octanol–water partition coefficient (Wildman–Crippen LogP) is 3.30. The number of alkyl halides is 1. The highest BCUT2D eigenvalue weighted by Gasteiger charge is 2.10. The van der Waals surface area contributed by atoms with E-state index in [1.165, 1.54) is 17.0 Å². The van der Waals surface area contributed by atoms with Gasteiger partial charge in [0, 0.05) is 23.3 Å². The standard InChI is InChI=1S/C11H19BrN2S/c1-4-10(5-12)6-14(3)7-11-9(2)13-8-15-11/h8,10H,4-7H2,1-3H3. The highest BCUT2D eigenvalue weighted by molar-refractivity contribution is 9.09. The maximum atomic E-state index is 4.27. The van der Waals surface area contributed by atoms with Crippen molar-refractivity contribution in [2.24, 2.45) is 5.92 Å². The number of nitrogens with zero attached hydrogens (tertiary/aromatic N) is 2. The first kappa shape index (κ1) is 13.1. The molecule has 0 spiro atoms. The molecule has 15 heavy (non-hydrogen) atoms. The van der Waals surface area contributed by atoms with Gasteiger partial charge in [0.2, 0.25) is 0 Å². The SMILES string of the molecule is CCC(CBr)CN(C)Cc1scnc1C. The second kappa shape index (κ2) is 6.61. The van der Waals surface area contributed by atoms with E-state index in [-0.39, 0.29) is 0 Å². The Labute approximate surface area is 105 Å². The van der Waals surface area contributed by atoms with Gasteiger partial charge in [-0.15, -0.1) is 11.3 Å². The van der Waals surface area contributed by atoms with Crippen molar-refractivity contribution in [3.63, 3.8) is 0 Å². The summed E-state index contributed by atoms with van der Waals surface area (Å²) in [5.74, 6) is 0.753. The lowest BCUT2D eigenvalue weighted by Gasteiger charge is -2.21. The van der Waals surface area contributed by atoms with Crippen molar-refractivity contribution in [2.75, 3.05) is 18.9 Å². The first-order valence-electron chi connectivity index (χ1n) is 5.30. The lowest BCUT2D eigenvalue weighted by Crippen LogP contribution is -2.25. The van der Waals surface area contributed by atoms with Crippen LogP contribution in [0.15, 0.2) is 5.51 Å². The van der Waals surface area contributed by atoms with Crippen molar-refractivity contribution in [2.45, 2.75) is 26.8 Å². The Bertz CT molecular complexity index is 284. The Hall–Kier alpha value is 0.0700. The second-order valence-electron chi connectivity index (χ2n) is 3.99. The molecule has 0 fully saturated rings. The zero-order valence-electron chi connectivity index (χ0n) is 9.66. The van der Waals surface area contributed by atoms with Crippen LogP contribution in [0, 0.1) is 12.8 Å². The van der Waals surface area contributed by atoms with Gasteiger partial charge in [-0.25, -0.2) is 4.98 Å². The fourth-order valence-corrected chi connectivity index (χ4v) is 3.03. The Morgan fingerprint density at radius 3 is 2.80 bits per heavy atom. The molecule has 0 aliphatic carbocycles. The van der Waals surface area contributed by atoms with Crippen LogP contribution in [0.25, 0.3) is 0 Å². The van der Waals surface area contributed by atoms with Crippen LogP contribution in [0.2, 0.25) is 0 Å². The summed E-state index contributed by atoms with van der Waals surface area (Å²) in [5.41, 5.74) is 3.11. The average Bonchev–Trinajstić information content (AvgIpc) is 2.61. The zero-order valence-corrected chi connectivity index (χ0v) is 12.1. The summed E-state index contributed by atoms with van der Waals surface area (Å²) in [4.78, 5) is 8.05. The number of hydrogen-bond acceptors (Lipinski definition) is 3. The molecule has 0 saturated carbocycles. The van der Waals surface area contributed by atoms with Crippen molar-refractivity contribution in [1.82, 2.24) is 9.88 Å². The number of aromatic nitrogens is 1. The lowest BCUT2D eigenvalue weighted by atomic mass is 10.1. The Kier molecular flexibility index (Phi) is 5.79. The molecule has 1 unspecified atom stereocenters. The van der Waals surface area contributed by atoms with Crippen LogP contribution in [0.5, 0.6) is 0 Å². The van der Waals surface area contributed by atoms with Crippen molar-refractivity contribution in [1.29, 1.82) is 0 Å². The molecule has 0 N–H and O–H groups in total. The van der Waals surface area contributed by atoms with Crippen LogP contribution < -0.4 is 0 Å². The number of rotatable bonds is 6. The molecular formula is C11H19BrN2S. The van der Waals surface area contributed by atoms with Gasteiger partial charge < -0.3 is 4.90 Å². The molecule has 1 rings (SSSR count). The molecule has 0 aliphatic heterocycles. The summed E-state index contributed by atoms with van der Waals surface area (Å²) >= 11 is 5.32. The van der Waals surface area contributed by atoms with Gasteiger partial charge in [0.1, 0.15) is 0 Å². The summed E-state index contributed by atoms with van der Waals surface area (Å²) in [6, 6.07) is 0. The van der Waals surface area contributed by atoms with Crippen LogP contribution in [-0.2, 0) is 6.54 Å². The summed E-state index contributed by atoms with van der Waals surface area (Å²) in [6.07, 6.45) is 1.23. The molecule has 1 heterocycles. The molecule has 1 aromatic heterocycles. The van der Waals surface area contributed by atoms with Crippen molar-refractivity contribution in [3.8, 4) is 0 Å². The monoisotopic (exact) mass is 290 g/mol. The van der Waals surface area contributed by atoms with E-state index >= 15 is 0 Å². The highest BCUT2D eigenvalue weighted by atomic mass is 79.9. The first-order chi connectivity index (χ1) is 7.17. The van der Waals surface area contributed by atoms with Crippen LogP contribution in [0.3, 0.4) is 0 Å². The Morgan fingerprint density at radius 1 is 1.60 bits per heavy atom. The summed E-state index contributed by atoms with van der Waals surface area (Å²) in [6.45, 7) is 6.51. The molecule has 4 heteroatoms. The number of halogens is 1. The minimum atomic E-state index is 0.753. The fourth-order valence-electron chi connectivity index (χ4n) is 1.52. The molecule has 1 aromatic rings. The van der Waals surface area contributed by atoms with Crippen molar-refractivity contribution < 1.29 is 0 Å². The van der Waals surface area contributed by atoms with Gasteiger partial charge in [0.15, 0.2) is 0 Å². The summed E-state index contributed by atoms with van der Waals surface area (Å²) < 4.78 is 0. The van der Waals surface area contributed by atoms with Gasteiger partial charge in [0.05, 0.1) is 11.2 Å². The molecule has 0 bridgehead atoms. The van der Waals surface area contributed by atoms with Crippen molar-refractivity contribution in [3.05, 3.63) is 16.1 Å². The minimum Gasteiger partial charge on any atom is -0.301 e. The van der Waals surface area contributed by atoms with Gasteiger partial charge in [0.25, 0.3) is 0 Å². The topological polar surface area (TPSA) is 16.1 Å². The van der Waals surface area contributed by atoms with Gasteiger partial charge >= 0.3 is 0 Å². The normalized spacial score (nSPS) is 13.4. The number of aryl methyl sites for hydroxylation is 1. The summed E-state index contributed by atoms with van der Waals surface area (Å²) in [5, 5.41) is 1.09. The lowest BCUT2D eigenvalue weighted by molar-refractivity contribution is 0.280. The van der Waals surface area contributed by atoms with Crippen LogP contribution in [-0.4, -0.2) is 28.8 Å². The molecule has 0 radical (unpaired) electrons. The fraction of sp³-hybridized carbons (Fsp3) is 0.727. The van der Waals surface area contributed by atoms with E-state index in [0.717, 1.165) is 24.3 Å². The third kappa shape index (κ3) is 4.21. The largest absolute Gasteiger partial charge is 0.301 e. The summed E-state index contributed by atoms with van der Waals surface area (Å²) in [7, 11) is 2.18. The van der Waals surface area contributed by atoms with Gasteiger partial charge in [-0.2, -0.15) is 0 Å². The molecule has 1 atom stereocenters. The van der Waals surface area contributed by atoms with Gasteiger partial charge in [-0.1, -0.05) is 29.3 Å². The number of hydrogen-bond donors (Lipinski definition) is 0. The van der Waals surface area contributed by atoms with Crippen molar-refractivity contribution >= 4 is 27.3 Å². The molecule has 2 nitrogen and oxygen atoms in total. The van der Waals surface area contributed by atoms with E-state index in [2.05, 4.69) is 46.7 Å². The highest BCUT2D eigenvalue weighted by Crippen LogP contribution is 2.16. The molecule has 86 valence electrons. The van der Waals surface area contributed by atoms with E-state index < -0.39 is 0 Å². The Balaban J connectivity index is 2.42. The molecule has 0 aliphatic rings. The number of thiazole rings is 1. The first-order valence-corrected chi connectivity index (χ1v) is 7.31. The quantitative estimate of drug-likeness (QED) is 0.748. The van der Waals surface area contributed by atoms with Crippen LogP contribution in [0.1, 0.15) is 23.9 Å². The molecule has 0 aromatic carbocycles. The molecular weight excluding hydrogens is 272 g/mol. The predicted molar refractivity (Wildman–Crippen MR) is 70.8 cm³/mol. The molecule has 0 amide bonds.